The second kappa shape index (κ2) is 4.39. The number of anilines is 1. The number of carbonyl (C=O) groups is 1. The Labute approximate surface area is 95.7 Å². The highest BCUT2D eigenvalue weighted by molar-refractivity contribution is 9.11. The van der Waals surface area contributed by atoms with Gasteiger partial charge in [0.1, 0.15) is 5.02 Å². The number of nitrogens with one attached hydrogen (secondary N) is 1. The van der Waals surface area contributed by atoms with Gasteiger partial charge in [-0.15, -0.1) is 0 Å². The van der Waals surface area contributed by atoms with Gasteiger partial charge in [0.15, 0.2) is 5.82 Å². The third kappa shape index (κ3) is 2.21. The average molecular weight is 331 g/mol. The highest BCUT2D eigenvalue weighted by atomic mass is 79.9. The molecule has 0 heterocycles. The molecule has 0 radical (unpaired) electrons. The molecule has 0 aliphatic rings. The van der Waals surface area contributed by atoms with E-state index >= 15 is 0 Å². The van der Waals surface area contributed by atoms with Gasteiger partial charge in [-0.25, -0.2) is 4.39 Å². The van der Waals surface area contributed by atoms with Gasteiger partial charge in [0.25, 0.3) is 0 Å². The summed E-state index contributed by atoms with van der Waals surface area (Å²) in [6, 6.07) is 1.47. The van der Waals surface area contributed by atoms with Crippen molar-refractivity contribution in [3.05, 3.63) is 25.9 Å². The summed E-state index contributed by atoms with van der Waals surface area (Å²) >= 11 is 11.7. The van der Waals surface area contributed by atoms with Crippen molar-refractivity contribution in [2.24, 2.45) is 0 Å². The first-order valence-electron chi connectivity index (χ1n) is 3.11. The molecule has 0 saturated carbocycles. The summed E-state index contributed by atoms with van der Waals surface area (Å²) in [6.45, 7) is 0. The zero-order chi connectivity index (χ0) is 10.0. The highest BCUT2D eigenvalue weighted by Gasteiger charge is 2.13. The fourth-order valence-corrected chi connectivity index (χ4v) is 2.52. The van der Waals surface area contributed by atoms with Crippen LogP contribution in [0.4, 0.5) is 10.1 Å². The average Bonchev–Trinajstić information content (AvgIpc) is 2.09. The molecule has 70 valence electrons. The summed E-state index contributed by atoms with van der Waals surface area (Å²) in [5.41, 5.74) is 0.220. The molecular weight excluding hydrogens is 328 g/mol. The van der Waals surface area contributed by atoms with Gasteiger partial charge in [0, 0.05) is 4.47 Å². The molecule has 1 rings (SSSR count). The molecule has 1 aromatic carbocycles. The van der Waals surface area contributed by atoms with E-state index in [0.29, 0.717) is 10.9 Å². The standard InChI is InChI=1S/C7H3Br2ClFNO/c8-3-1-4(9)7(12-2-13)5(10)6(3)11/h1-2H,(H,12,13). The van der Waals surface area contributed by atoms with Crippen molar-refractivity contribution in [3.8, 4) is 0 Å². The minimum atomic E-state index is -0.603. The molecule has 13 heavy (non-hydrogen) atoms. The van der Waals surface area contributed by atoms with Crippen molar-refractivity contribution >= 4 is 55.6 Å². The maximum atomic E-state index is 13.1. The zero-order valence-corrected chi connectivity index (χ0v) is 10.0. The zero-order valence-electron chi connectivity index (χ0n) is 6.07. The molecule has 0 aliphatic carbocycles. The van der Waals surface area contributed by atoms with Crippen molar-refractivity contribution in [3.63, 3.8) is 0 Å². The van der Waals surface area contributed by atoms with Crippen molar-refractivity contribution in [1.29, 1.82) is 0 Å². The van der Waals surface area contributed by atoms with Crippen LogP contribution in [0.2, 0.25) is 5.02 Å². The monoisotopic (exact) mass is 329 g/mol. The maximum Gasteiger partial charge on any atom is 0.211 e. The lowest BCUT2D eigenvalue weighted by Gasteiger charge is -2.07. The molecule has 0 spiro atoms. The van der Waals surface area contributed by atoms with Crippen LogP contribution in [-0.2, 0) is 4.79 Å². The third-order valence-electron chi connectivity index (χ3n) is 1.32. The summed E-state index contributed by atoms with van der Waals surface area (Å²) < 4.78 is 13.9. The van der Waals surface area contributed by atoms with E-state index in [2.05, 4.69) is 37.2 Å². The lowest BCUT2D eigenvalue weighted by atomic mass is 10.3. The van der Waals surface area contributed by atoms with Crippen LogP contribution in [0.5, 0.6) is 0 Å². The van der Waals surface area contributed by atoms with E-state index in [1.54, 1.807) is 0 Å². The highest BCUT2D eigenvalue weighted by Crippen LogP contribution is 2.36. The number of halogens is 4. The molecule has 0 fully saturated rings. The quantitative estimate of drug-likeness (QED) is 0.501. The van der Waals surface area contributed by atoms with E-state index in [4.69, 9.17) is 11.6 Å². The minimum absolute atomic E-state index is 0.131. The molecule has 6 heteroatoms. The van der Waals surface area contributed by atoms with Gasteiger partial charge in [-0.3, -0.25) is 4.79 Å². The van der Waals surface area contributed by atoms with Crippen LogP contribution in [-0.4, -0.2) is 6.41 Å². The van der Waals surface area contributed by atoms with Crippen LogP contribution < -0.4 is 5.32 Å². The molecule has 0 aromatic heterocycles. The molecule has 1 N–H and O–H groups in total. The predicted octanol–water partition coefficient (Wildman–Crippen LogP) is 3.57. The first kappa shape index (κ1) is 10.9. The van der Waals surface area contributed by atoms with E-state index in [-0.39, 0.29) is 15.2 Å². The van der Waals surface area contributed by atoms with E-state index in [1.165, 1.54) is 6.07 Å². The topological polar surface area (TPSA) is 29.1 Å². The summed E-state index contributed by atoms with van der Waals surface area (Å²) in [4.78, 5) is 10.2. The first-order chi connectivity index (χ1) is 6.07. The Morgan fingerprint density at radius 3 is 2.62 bits per heavy atom. The normalized spacial score (nSPS) is 9.85. The largest absolute Gasteiger partial charge is 0.326 e. The number of amides is 1. The molecule has 2 nitrogen and oxygen atoms in total. The van der Waals surface area contributed by atoms with Crippen LogP contribution in [0.15, 0.2) is 15.0 Å². The van der Waals surface area contributed by atoms with Crippen LogP contribution in [0.1, 0.15) is 0 Å². The Bertz CT molecular complexity index is 359. The number of benzene rings is 1. The second-order valence-corrected chi connectivity index (χ2v) is 4.19. The van der Waals surface area contributed by atoms with Gasteiger partial charge >= 0.3 is 0 Å². The van der Waals surface area contributed by atoms with E-state index in [1.807, 2.05) is 0 Å². The smallest absolute Gasteiger partial charge is 0.211 e. The summed E-state index contributed by atoms with van der Waals surface area (Å²) in [5.74, 6) is -0.603. The SMILES string of the molecule is O=CNc1c(Br)cc(Br)c(F)c1Cl. The third-order valence-corrected chi connectivity index (χ3v) is 2.87. The van der Waals surface area contributed by atoms with Crippen molar-refractivity contribution < 1.29 is 9.18 Å². The van der Waals surface area contributed by atoms with Crippen LogP contribution in [0.25, 0.3) is 0 Å². The van der Waals surface area contributed by atoms with Gasteiger partial charge in [-0.05, 0) is 37.9 Å². The number of hydrogen-bond acceptors (Lipinski definition) is 1. The van der Waals surface area contributed by atoms with Crippen LogP contribution in [0.3, 0.4) is 0 Å². The number of carbonyl (C=O) groups excluding carboxylic acids is 1. The van der Waals surface area contributed by atoms with E-state index in [0.717, 1.165) is 0 Å². The lowest BCUT2D eigenvalue weighted by molar-refractivity contribution is -0.105. The van der Waals surface area contributed by atoms with Crippen molar-refractivity contribution in [1.82, 2.24) is 0 Å². The second-order valence-electron chi connectivity index (χ2n) is 2.11. The molecule has 0 saturated heterocycles. The summed E-state index contributed by atoms with van der Waals surface area (Å²) in [6.07, 6.45) is 0.430. The minimum Gasteiger partial charge on any atom is -0.326 e. The Hall–Kier alpha value is -0.130. The van der Waals surface area contributed by atoms with Crippen LogP contribution in [0, 0.1) is 5.82 Å². The molecule has 0 aliphatic heterocycles. The number of rotatable bonds is 2. The Kier molecular flexibility index (Phi) is 3.70. The molecule has 0 atom stereocenters. The van der Waals surface area contributed by atoms with Gasteiger partial charge < -0.3 is 5.32 Å². The molecule has 0 bridgehead atoms. The fraction of sp³-hybridized carbons (Fsp3) is 0. The van der Waals surface area contributed by atoms with Crippen LogP contribution >= 0.6 is 43.5 Å². The fourth-order valence-electron chi connectivity index (χ4n) is 0.757. The maximum absolute atomic E-state index is 13.1. The summed E-state index contributed by atoms with van der Waals surface area (Å²) in [7, 11) is 0. The first-order valence-corrected chi connectivity index (χ1v) is 5.07. The Morgan fingerprint density at radius 1 is 1.46 bits per heavy atom. The number of hydrogen-bond donors (Lipinski definition) is 1. The lowest BCUT2D eigenvalue weighted by Crippen LogP contribution is -1.97. The van der Waals surface area contributed by atoms with Gasteiger partial charge in [0.2, 0.25) is 6.41 Å². The van der Waals surface area contributed by atoms with Crippen molar-refractivity contribution in [2.75, 3.05) is 5.32 Å². The Balaban J connectivity index is 3.34. The molecule has 1 aromatic rings. The van der Waals surface area contributed by atoms with E-state index in [9.17, 15) is 9.18 Å². The van der Waals surface area contributed by atoms with Crippen molar-refractivity contribution in [2.45, 2.75) is 0 Å². The predicted molar refractivity (Wildman–Crippen MR) is 56.5 cm³/mol. The van der Waals surface area contributed by atoms with E-state index < -0.39 is 5.82 Å². The van der Waals surface area contributed by atoms with Gasteiger partial charge in [0.05, 0.1) is 10.2 Å². The van der Waals surface area contributed by atoms with Gasteiger partial charge in [-0.1, -0.05) is 11.6 Å². The molecule has 1 amide bonds. The summed E-state index contributed by atoms with van der Waals surface area (Å²) in [5, 5.41) is 2.16. The Morgan fingerprint density at radius 2 is 2.08 bits per heavy atom. The molecular formula is C7H3Br2ClFNO. The van der Waals surface area contributed by atoms with Gasteiger partial charge in [-0.2, -0.15) is 0 Å². The molecule has 0 unspecified atom stereocenters.